The van der Waals surface area contributed by atoms with Crippen LogP contribution in [0, 0.1) is 6.92 Å². The van der Waals surface area contributed by atoms with Gasteiger partial charge >= 0.3 is 0 Å². The molecular weight excluding hydrogens is 464 g/mol. The van der Waals surface area contributed by atoms with Gasteiger partial charge in [0.25, 0.3) is 5.91 Å². The molecule has 1 amide bonds. The van der Waals surface area contributed by atoms with Crippen LogP contribution in [0.1, 0.15) is 25.0 Å². The number of nitrogens with zero attached hydrogens (tertiary/aromatic N) is 1. The third-order valence-electron chi connectivity index (χ3n) is 3.66. The van der Waals surface area contributed by atoms with Crippen LogP contribution < -0.4 is 5.32 Å². The topological polar surface area (TPSA) is 32.3 Å². The van der Waals surface area contributed by atoms with Gasteiger partial charge in [-0.3, -0.25) is 9.69 Å². The number of rotatable bonds is 4. The van der Waals surface area contributed by atoms with Crippen molar-refractivity contribution in [2.24, 2.45) is 0 Å². The number of amides is 1. The second-order valence-electron chi connectivity index (χ2n) is 5.46. The van der Waals surface area contributed by atoms with Gasteiger partial charge in [0.2, 0.25) is 0 Å². The van der Waals surface area contributed by atoms with Gasteiger partial charge in [-0.15, -0.1) is 0 Å². The van der Waals surface area contributed by atoms with Crippen molar-refractivity contribution in [1.82, 2.24) is 4.90 Å². The summed E-state index contributed by atoms with van der Waals surface area (Å²) in [6.07, 6.45) is 1.86. The highest BCUT2D eigenvalue weighted by molar-refractivity contribution is 9.10. The molecule has 1 N–H and O–H groups in total. The van der Waals surface area contributed by atoms with E-state index in [1.54, 1.807) is 4.90 Å². The largest absolute Gasteiger partial charge is 0.367 e. The van der Waals surface area contributed by atoms with E-state index in [9.17, 15) is 4.79 Å². The molecule has 0 aromatic heterocycles. The SMILES string of the molecule is CC.Cc1cc(Cl)ccc1NCN1C(=O)/C(=C/c2ccc(Br)cc2)SC1=S. The Kier molecular flexibility index (Phi) is 8.35. The third-order valence-corrected chi connectivity index (χ3v) is 5.80. The summed E-state index contributed by atoms with van der Waals surface area (Å²) in [5, 5.41) is 3.93. The molecule has 1 aliphatic rings. The van der Waals surface area contributed by atoms with Gasteiger partial charge in [0, 0.05) is 15.2 Å². The molecular formula is C20H20BrClN2OS2. The second kappa shape index (κ2) is 10.3. The van der Waals surface area contributed by atoms with Crippen LogP contribution in [0.15, 0.2) is 51.8 Å². The number of thiocarbonyl (C=S) groups is 1. The van der Waals surface area contributed by atoms with E-state index in [1.165, 1.54) is 11.8 Å². The Morgan fingerprint density at radius 3 is 2.52 bits per heavy atom. The van der Waals surface area contributed by atoms with E-state index in [0.717, 1.165) is 21.3 Å². The molecule has 2 aromatic rings. The molecule has 1 saturated heterocycles. The predicted molar refractivity (Wildman–Crippen MR) is 125 cm³/mol. The zero-order chi connectivity index (χ0) is 20.0. The van der Waals surface area contributed by atoms with Crippen molar-refractivity contribution in [1.29, 1.82) is 0 Å². The van der Waals surface area contributed by atoms with Crippen LogP contribution in [-0.4, -0.2) is 21.8 Å². The summed E-state index contributed by atoms with van der Waals surface area (Å²) in [6.45, 7) is 6.29. The first-order valence-corrected chi connectivity index (χ1v) is 10.8. The molecule has 3 rings (SSSR count). The molecule has 3 nitrogen and oxygen atoms in total. The molecule has 0 spiro atoms. The summed E-state index contributed by atoms with van der Waals surface area (Å²) >= 11 is 16.1. The molecule has 142 valence electrons. The zero-order valence-electron chi connectivity index (χ0n) is 15.3. The molecule has 0 unspecified atom stereocenters. The van der Waals surface area contributed by atoms with Crippen LogP contribution in [0.2, 0.25) is 5.02 Å². The lowest BCUT2D eigenvalue weighted by atomic mass is 10.2. The molecule has 1 aliphatic heterocycles. The Morgan fingerprint density at radius 1 is 1.22 bits per heavy atom. The molecule has 0 bridgehead atoms. The number of aryl methyl sites for hydroxylation is 1. The number of anilines is 1. The minimum absolute atomic E-state index is 0.0861. The van der Waals surface area contributed by atoms with Crippen molar-refractivity contribution in [2.45, 2.75) is 20.8 Å². The Labute approximate surface area is 183 Å². The molecule has 7 heteroatoms. The standard InChI is InChI=1S/C18H14BrClN2OS2.C2H6/c1-11-8-14(20)6-7-15(11)21-10-22-17(23)16(25-18(22)24)9-12-2-4-13(19)5-3-12;1-2/h2-9,21H,10H2,1H3;1-2H3/b16-9-;. The highest BCUT2D eigenvalue weighted by atomic mass is 79.9. The maximum Gasteiger partial charge on any atom is 0.267 e. The van der Waals surface area contributed by atoms with E-state index in [0.29, 0.717) is 20.9 Å². The number of carbonyl (C=O) groups excluding carboxylic acids is 1. The number of hydrogen-bond acceptors (Lipinski definition) is 4. The Balaban J connectivity index is 0.00000126. The summed E-state index contributed by atoms with van der Waals surface area (Å²) in [5.41, 5.74) is 2.91. The van der Waals surface area contributed by atoms with E-state index in [-0.39, 0.29) is 5.91 Å². The summed E-state index contributed by atoms with van der Waals surface area (Å²) in [4.78, 5) is 14.8. The van der Waals surface area contributed by atoms with Crippen molar-refractivity contribution in [3.63, 3.8) is 0 Å². The number of halogens is 2. The van der Waals surface area contributed by atoms with Gasteiger partial charge in [0.1, 0.15) is 4.32 Å². The normalized spacial score (nSPS) is 15.0. The molecule has 27 heavy (non-hydrogen) atoms. The highest BCUT2D eigenvalue weighted by Crippen LogP contribution is 2.32. The quantitative estimate of drug-likeness (QED) is 0.387. The molecule has 2 aromatic carbocycles. The van der Waals surface area contributed by atoms with Crippen LogP contribution in [0.4, 0.5) is 5.69 Å². The fraction of sp³-hybridized carbons (Fsp3) is 0.200. The van der Waals surface area contributed by atoms with Gasteiger partial charge in [0.05, 0.1) is 11.6 Å². The Bertz CT molecular complexity index is 869. The molecule has 1 fully saturated rings. The van der Waals surface area contributed by atoms with Gasteiger partial charge in [-0.25, -0.2) is 0 Å². The van der Waals surface area contributed by atoms with Gasteiger partial charge in [0.15, 0.2) is 0 Å². The van der Waals surface area contributed by atoms with Gasteiger partial charge in [-0.05, 0) is 54.5 Å². The Morgan fingerprint density at radius 2 is 1.89 bits per heavy atom. The van der Waals surface area contributed by atoms with Crippen molar-refractivity contribution in [3.8, 4) is 0 Å². The molecule has 1 heterocycles. The lowest BCUT2D eigenvalue weighted by Gasteiger charge is -2.17. The fourth-order valence-corrected chi connectivity index (χ4v) is 4.08. The number of benzene rings is 2. The van der Waals surface area contributed by atoms with Crippen molar-refractivity contribution in [2.75, 3.05) is 12.0 Å². The monoisotopic (exact) mass is 482 g/mol. The fourth-order valence-electron chi connectivity index (χ4n) is 2.34. The minimum atomic E-state index is -0.0861. The third kappa shape index (κ3) is 5.82. The predicted octanol–water partition coefficient (Wildman–Crippen LogP) is 6.71. The van der Waals surface area contributed by atoms with Crippen LogP contribution in [0.5, 0.6) is 0 Å². The average molecular weight is 484 g/mol. The van der Waals surface area contributed by atoms with E-state index < -0.39 is 0 Å². The summed E-state index contributed by atoms with van der Waals surface area (Å²) < 4.78 is 1.55. The summed E-state index contributed by atoms with van der Waals surface area (Å²) in [5.74, 6) is -0.0861. The molecule has 0 saturated carbocycles. The first-order valence-electron chi connectivity index (χ1n) is 8.45. The first-order chi connectivity index (χ1) is 12.9. The molecule has 0 atom stereocenters. The second-order valence-corrected chi connectivity index (χ2v) is 8.48. The van der Waals surface area contributed by atoms with Crippen molar-refractivity contribution < 1.29 is 4.79 Å². The van der Waals surface area contributed by atoms with E-state index >= 15 is 0 Å². The van der Waals surface area contributed by atoms with Crippen LogP contribution >= 0.6 is 51.5 Å². The average Bonchev–Trinajstić information content (AvgIpc) is 2.91. The van der Waals surface area contributed by atoms with Gasteiger partial charge < -0.3 is 5.32 Å². The minimum Gasteiger partial charge on any atom is -0.367 e. The van der Waals surface area contributed by atoms with Crippen LogP contribution in [0.3, 0.4) is 0 Å². The van der Waals surface area contributed by atoms with Gasteiger partial charge in [-0.1, -0.05) is 77.5 Å². The maximum atomic E-state index is 12.6. The number of nitrogens with one attached hydrogen (secondary N) is 1. The number of hydrogen-bond donors (Lipinski definition) is 1. The Hall–Kier alpha value is -1.34. The smallest absolute Gasteiger partial charge is 0.267 e. The van der Waals surface area contributed by atoms with Gasteiger partial charge in [-0.2, -0.15) is 0 Å². The van der Waals surface area contributed by atoms with E-state index in [1.807, 2.05) is 69.3 Å². The van der Waals surface area contributed by atoms with Crippen molar-refractivity contribution in [3.05, 3.63) is 68.0 Å². The van der Waals surface area contributed by atoms with Crippen LogP contribution in [-0.2, 0) is 4.79 Å². The van der Waals surface area contributed by atoms with Crippen molar-refractivity contribution >= 4 is 73.5 Å². The number of carbonyl (C=O) groups is 1. The number of thioether (sulfide) groups is 1. The van der Waals surface area contributed by atoms with Crippen LogP contribution in [0.25, 0.3) is 6.08 Å². The maximum absolute atomic E-state index is 12.6. The molecule has 0 aliphatic carbocycles. The van der Waals surface area contributed by atoms with E-state index in [2.05, 4.69) is 21.2 Å². The molecule has 0 radical (unpaired) electrons. The van der Waals surface area contributed by atoms with E-state index in [4.69, 9.17) is 23.8 Å². The summed E-state index contributed by atoms with van der Waals surface area (Å²) in [6, 6.07) is 13.4. The lowest BCUT2D eigenvalue weighted by Crippen LogP contribution is -2.33. The lowest BCUT2D eigenvalue weighted by molar-refractivity contribution is -0.121. The summed E-state index contributed by atoms with van der Waals surface area (Å²) in [7, 11) is 0. The first kappa shape index (κ1) is 22.0. The highest BCUT2D eigenvalue weighted by Gasteiger charge is 2.31. The zero-order valence-corrected chi connectivity index (χ0v) is 19.2.